The predicted octanol–water partition coefficient (Wildman–Crippen LogP) is 13.7. The molecule has 0 bridgehead atoms. The first-order chi connectivity index (χ1) is 14.3. The second kappa shape index (κ2) is 116. The van der Waals surface area contributed by atoms with Crippen LogP contribution in [-0.2, 0) is 0 Å². The van der Waals surface area contributed by atoms with Crippen molar-refractivity contribution in [1.82, 2.24) is 0 Å². The van der Waals surface area contributed by atoms with Gasteiger partial charge in [-0.1, -0.05) is 201 Å². The number of hydrogen-bond donors (Lipinski definition) is 0. The van der Waals surface area contributed by atoms with Crippen molar-refractivity contribution in [3.05, 3.63) is 0 Å². The summed E-state index contributed by atoms with van der Waals surface area (Å²) < 4.78 is 0. The molecule has 0 aliphatic carbocycles. The van der Waals surface area contributed by atoms with E-state index in [1.807, 2.05) is 0 Å². The Kier molecular flexibility index (Phi) is 202. The van der Waals surface area contributed by atoms with Gasteiger partial charge in [0.2, 0.25) is 0 Å². The number of rotatable bonds is 6. The van der Waals surface area contributed by atoms with Crippen LogP contribution < -0.4 is 0 Å². The lowest BCUT2D eigenvalue weighted by Gasteiger charge is -1.79. The highest BCUT2D eigenvalue weighted by atomic mass is 13.8. The highest BCUT2D eigenvalue weighted by Gasteiger charge is 1.68. The van der Waals surface area contributed by atoms with Gasteiger partial charge in [-0.05, 0) is 0 Å². The molecule has 0 N–H and O–H groups in total. The molecule has 0 saturated heterocycles. The van der Waals surface area contributed by atoms with Crippen molar-refractivity contribution >= 4 is 0 Å². The van der Waals surface area contributed by atoms with Crippen molar-refractivity contribution < 1.29 is 0 Å². The van der Waals surface area contributed by atoms with E-state index in [1.54, 1.807) is 0 Å². The maximum Gasteiger partial charge on any atom is -0.0538 e. The summed E-state index contributed by atoms with van der Waals surface area (Å²) >= 11 is 0. The smallest absolute Gasteiger partial charge is 0.0538 e. The van der Waals surface area contributed by atoms with Gasteiger partial charge in [0.15, 0.2) is 0 Å². The Labute approximate surface area is 200 Å². The van der Waals surface area contributed by atoms with Gasteiger partial charge in [-0.15, -0.1) is 0 Å². The molecule has 0 saturated carbocycles. The molecule has 0 heterocycles. The molecule has 0 aromatic rings. The summed E-state index contributed by atoms with van der Waals surface area (Å²) in [6.07, 6.45) is 18.4. The van der Waals surface area contributed by atoms with E-state index in [-0.39, 0.29) is 0 Å². The first-order valence-corrected chi connectivity index (χ1v) is 14.3. The van der Waals surface area contributed by atoms with Crippen LogP contribution in [-0.4, -0.2) is 0 Å². The van der Waals surface area contributed by atoms with Gasteiger partial charge in [-0.3, -0.25) is 0 Å². The summed E-state index contributed by atoms with van der Waals surface area (Å²) in [5, 5.41) is 0. The number of hydrogen-bond acceptors (Lipinski definition) is 0. The van der Waals surface area contributed by atoms with E-state index in [0.29, 0.717) is 0 Å². The van der Waals surface area contributed by atoms with Gasteiger partial charge < -0.3 is 0 Å². The molecular formula is C30H76. The highest BCUT2D eigenvalue weighted by Crippen LogP contribution is 1.88. The van der Waals surface area contributed by atoms with E-state index >= 15 is 0 Å². The molecule has 0 rings (SSSR count). The van der Waals surface area contributed by atoms with E-state index in [9.17, 15) is 0 Å². The van der Waals surface area contributed by atoms with Crippen LogP contribution in [0.2, 0.25) is 0 Å². The summed E-state index contributed by atoms with van der Waals surface area (Å²) in [4.78, 5) is 0. The van der Waals surface area contributed by atoms with Gasteiger partial charge >= 0.3 is 0 Å². The highest BCUT2D eigenvalue weighted by molar-refractivity contribution is 4.24. The van der Waals surface area contributed by atoms with Crippen LogP contribution >= 0.6 is 0 Å². The minimum Gasteiger partial charge on any atom is -0.0656 e. The fourth-order valence-corrected chi connectivity index (χ4v) is 0.707. The molecule has 0 fully saturated rings. The standard InChI is InChI=1S/2C5H12.2C4H10.4C3H8/c2*1-3-5-4-2;2*1-3-4-2;4*1-3-2/h2*3-5H2,1-2H3;2*3-4H2,1-2H3;4*3H2,1-2H3. The van der Waals surface area contributed by atoms with Crippen molar-refractivity contribution in [3.63, 3.8) is 0 Å². The van der Waals surface area contributed by atoms with Gasteiger partial charge in [-0.25, -0.2) is 0 Å². The summed E-state index contributed by atoms with van der Waals surface area (Å²) in [6, 6.07) is 0. The van der Waals surface area contributed by atoms with Crippen LogP contribution in [0.25, 0.3) is 0 Å². The minimum absolute atomic E-state index is 1.25. The molecule has 0 amide bonds. The summed E-state index contributed by atoms with van der Waals surface area (Å²) in [5.74, 6) is 0. The van der Waals surface area contributed by atoms with Gasteiger partial charge in [0.25, 0.3) is 0 Å². The molecule has 0 radical (unpaired) electrons. The van der Waals surface area contributed by atoms with E-state index in [0.717, 1.165) is 0 Å². The lowest BCUT2D eigenvalue weighted by molar-refractivity contribution is 0.772. The molecule has 0 aromatic heterocycles. The molecule has 0 spiro atoms. The first kappa shape index (κ1) is 52.1. The fraction of sp³-hybridized carbons (Fsp3) is 1.00. The van der Waals surface area contributed by atoms with Crippen molar-refractivity contribution in [3.8, 4) is 0 Å². The summed E-state index contributed by atoms with van der Waals surface area (Å²) in [7, 11) is 0. The quantitative estimate of drug-likeness (QED) is 0.388. The van der Waals surface area contributed by atoms with Gasteiger partial charge in [-0.2, -0.15) is 0 Å². The lowest BCUT2D eigenvalue weighted by Crippen LogP contribution is -1.59. The molecule has 0 aromatic carbocycles. The fourth-order valence-electron chi connectivity index (χ4n) is 0.707. The van der Waals surface area contributed by atoms with E-state index in [2.05, 4.69) is 111 Å². The topological polar surface area (TPSA) is 0 Å². The Morgan fingerprint density at radius 2 is 0.300 bits per heavy atom. The van der Waals surface area contributed by atoms with Crippen LogP contribution in [0.15, 0.2) is 0 Å². The van der Waals surface area contributed by atoms with E-state index < -0.39 is 0 Å². The zero-order valence-corrected chi connectivity index (χ0v) is 25.9. The summed E-state index contributed by atoms with van der Waals surface area (Å²) in [6.45, 7) is 34.6. The lowest BCUT2D eigenvalue weighted by atomic mass is 10.3. The molecule has 0 nitrogen and oxygen atoms in total. The van der Waals surface area contributed by atoms with Crippen molar-refractivity contribution in [2.75, 3.05) is 0 Å². The Balaban J connectivity index is -0.0000000311. The Morgan fingerprint density at radius 3 is 0.300 bits per heavy atom. The second-order valence-corrected chi connectivity index (χ2v) is 7.54. The predicted molar refractivity (Wildman–Crippen MR) is 155 cm³/mol. The third-order valence-corrected chi connectivity index (χ3v) is 2.41. The maximum atomic E-state index is 2.21. The van der Waals surface area contributed by atoms with Gasteiger partial charge in [0.05, 0.1) is 0 Å². The van der Waals surface area contributed by atoms with E-state index in [4.69, 9.17) is 0 Å². The molecule has 0 atom stereocenters. The van der Waals surface area contributed by atoms with Crippen molar-refractivity contribution in [2.24, 2.45) is 0 Å². The van der Waals surface area contributed by atoms with Gasteiger partial charge in [0, 0.05) is 0 Å². The molecule has 0 unspecified atom stereocenters. The SMILES string of the molecule is CCC.CCC.CCC.CCC.CCCC.CCCC.CCCCC.CCCCC. The van der Waals surface area contributed by atoms with E-state index in [1.165, 1.54) is 89.9 Å². The van der Waals surface area contributed by atoms with Crippen LogP contribution in [0, 0.1) is 0 Å². The average Bonchev–Trinajstić information content (AvgIpc) is 2.72. The largest absolute Gasteiger partial charge is 0.0656 e. The Morgan fingerprint density at radius 1 is 0.200 bits per heavy atom. The zero-order chi connectivity index (χ0) is 25.9. The maximum absolute atomic E-state index is 2.21. The second-order valence-electron chi connectivity index (χ2n) is 7.54. The molecule has 0 aliphatic rings. The normalized spacial score (nSPS) is 7.20. The van der Waals surface area contributed by atoms with Gasteiger partial charge in [0.1, 0.15) is 0 Å². The van der Waals surface area contributed by atoms with Crippen LogP contribution in [0.4, 0.5) is 0 Å². The minimum atomic E-state index is 1.25. The first-order valence-electron chi connectivity index (χ1n) is 14.3. The molecule has 0 heteroatoms. The monoisotopic (exact) mass is 437 g/mol. The zero-order valence-electron chi connectivity index (χ0n) is 25.9. The number of unbranched alkanes of at least 4 members (excludes halogenated alkanes) is 6. The van der Waals surface area contributed by atoms with Crippen molar-refractivity contribution in [1.29, 1.82) is 0 Å². The molecule has 0 aliphatic heterocycles. The molecule has 30 heavy (non-hydrogen) atoms. The Hall–Kier alpha value is 0. The molecule has 196 valence electrons. The summed E-state index contributed by atoms with van der Waals surface area (Å²) in [5.41, 5.74) is 0. The van der Waals surface area contributed by atoms with Crippen LogP contribution in [0.5, 0.6) is 0 Å². The third-order valence-electron chi connectivity index (χ3n) is 2.41. The van der Waals surface area contributed by atoms with Crippen LogP contribution in [0.3, 0.4) is 0 Å². The average molecular weight is 437 g/mol. The van der Waals surface area contributed by atoms with Crippen molar-refractivity contribution in [2.45, 2.75) is 201 Å². The Bertz CT molecular complexity index is 80.6. The molecular weight excluding hydrogens is 360 g/mol. The van der Waals surface area contributed by atoms with Crippen LogP contribution in [0.1, 0.15) is 201 Å². The third kappa shape index (κ3) is 567.